The largest absolute Gasteiger partial charge is 0.508 e. The summed E-state index contributed by atoms with van der Waals surface area (Å²) in [6.07, 6.45) is -1.22. The Morgan fingerprint density at radius 2 is 0.821 bits per heavy atom. The van der Waals surface area contributed by atoms with Gasteiger partial charge in [0.1, 0.15) is 35.1 Å². The van der Waals surface area contributed by atoms with Crippen LogP contribution in [0.2, 0.25) is 0 Å². The van der Waals surface area contributed by atoms with E-state index >= 15 is 0 Å². The zero-order valence-corrected chi connectivity index (χ0v) is 39.0. The number of hydrogen-bond acceptors (Lipinski definition) is 17. The molecule has 0 radical (unpaired) electrons. The average Bonchev–Trinajstić information content (AvgIpc) is 3.19. The third-order valence-electron chi connectivity index (χ3n) is 6.69. The number of phenolic OH excluding ortho intramolecular Hbond substituents is 1. The number of carbonyl (C=O) groups excluding carboxylic acids is 2. The Labute approximate surface area is 392 Å². The quantitative estimate of drug-likeness (QED) is 0.0641. The van der Waals surface area contributed by atoms with Gasteiger partial charge < -0.3 is 40.5 Å². The van der Waals surface area contributed by atoms with E-state index in [0.717, 1.165) is 5.56 Å². The number of carboxylic acid groups (broad SMARTS) is 3. The molecule has 0 aliphatic carbocycles. The second-order valence-corrected chi connectivity index (χ2v) is 15.6. The molecule has 0 aromatic heterocycles. The summed E-state index contributed by atoms with van der Waals surface area (Å²) in [5.74, 6) is -3.19. The van der Waals surface area contributed by atoms with Crippen molar-refractivity contribution in [3.8, 4) is 17.2 Å². The van der Waals surface area contributed by atoms with Gasteiger partial charge in [-0.2, -0.15) is 25.3 Å². The van der Waals surface area contributed by atoms with Crippen molar-refractivity contribution >= 4 is 75.6 Å². The molecule has 0 fully saturated rings. The van der Waals surface area contributed by atoms with E-state index < -0.39 is 93.2 Å². The molecular formula is C37H46ClF4N3O19S3. The number of alkyl carbamates (subject to hydrolysis) is 2. The van der Waals surface area contributed by atoms with E-state index in [1.54, 1.807) is 65.8 Å². The van der Waals surface area contributed by atoms with Crippen molar-refractivity contribution in [3.05, 3.63) is 89.5 Å². The number of nitrogens with one attached hydrogen (secondary N) is 3. The molecule has 0 unspecified atom stereocenters. The van der Waals surface area contributed by atoms with Gasteiger partial charge in [0.05, 0.1) is 0 Å². The van der Waals surface area contributed by atoms with Gasteiger partial charge in [0.2, 0.25) is 0 Å². The molecule has 0 bridgehead atoms. The van der Waals surface area contributed by atoms with Gasteiger partial charge in [0.15, 0.2) is 11.5 Å². The van der Waals surface area contributed by atoms with Crippen LogP contribution in [0.1, 0.15) is 58.2 Å². The van der Waals surface area contributed by atoms with Crippen LogP contribution >= 0.6 is 11.8 Å². The van der Waals surface area contributed by atoms with Gasteiger partial charge in [0, 0.05) is 21.9 Å². The lowest BCUT2D eigenvalue weighted by Gasteiger charge is -2.22. The molecule has 67 heavy (non-hydrogen) atoms. The maximum Gasteiger partial charge on any atom is 0.476 e. The van der Waals surface area contributed by atoms with Crippen LogP contribution in [-0.2, 0) is 76.9 Å². The maximum absolute atomic E-state index is 11.9. The second kappa shape index (κ2) is 34.0. The highest BCUT2D eigenvalue weighted by Crippen LogP contribution is 2.16. The minimum atomic E-state index is -5.67. The van der Waals surface area contributed by atoms with E-state index in [2.05, 4.69) is 25.4 Å². The average molecular weight is 1040 g/mol. The number of hydrogen-bond donors (Lipinski definition) is 7. The van der Waals surface area contributed by atoms with E-state index in [-0.39, 0.29) is 36.5 Å². The Bertz CT molecular complexity index is 2140. The monoisotopic (exact) mass is 1040 g/mol. The molecule has 0 saturated heterocycles. The van der Waals surface area contributed by atoms with Crippen LogP contribution in [0.4, 0.5) is 26.4 Å². The number of phenols is 1. The van der Waals surface area contributed by atoms with Crippen molar-refractivity contribution in [1.82, 2.24) is 15.5 Å². The first-order chi connectivity index (χ1) is 30.9. The SMILES string of the molecule is CC(C)(C)OC(=O)N[C@@H](Cc1ccc(O)cc1)C(=O)O.CC(C)(C)OC(=O)N[C@@H](Cc1ccc(OF)cc1)C(=O)O.O=C(O)[C@H](Cc1ccc(OF)cc1)NCl.O=S(=O)(F)F.O=S=O.O=S=O. The predicted molar refractivity (Wildman–Crippen MR) is 227 cm³/mol. The minimum Gasteiger partial charge on any atom is -0.508 e. The molecule has 0 saturated carbocycles. The molecule has 0 spiro atoms. The van der Waals surface area contributed by atoms with E-state index in [9.17, 15) is 40.8 Å². The molecule has 0 heterocycles. The van der Waals surface area contributed by atoms with Gasteiger partial charge in [-0.05, 0) is 113 Å². The van der Waals surface area contributed by atoms with E-state index in [4.69, 9.17) is 66.9 Å². The fourth-order valence-corrected chi connectivity index (χ4v) is 4.34. The van der Waals surface area contributed by atoms with Crippen LogP contribution in [0.15, 0.2) is 72.8 Å². The van der Waals surface area contributed by atoms with Crippen LogP contribution in [0.5, 0.6) is 17.2 Å². The Kier molecular flexibility index (Phi) is 32.9. The van der Waals surface area contributed by atoms with Crippen LogP contribution in [0, 0.1) is 0 Å². The lowest BCUT2D eigenvalue weighted by Crippen LogP contribution is -2.44. The standard InChI is InChI=1S/C14H18FNO5.C14H19NO5.C9H9ClFNO3.F2O2S.2O2S/c1-14(2,3)20-13(19)16-11(12(17)18)8-9-4-6-10(21-15)7-5-9;1-14(2,3)20-13(19)15-11(12(17)18)8-9-4-6-10(16)7-5-9;10-12-8(9(13)14)5-6-1-3-7(15-11)4-2-6;1-5(2,3)4;2*1-3-2/h4-7,11H,8H2,1-3H3,(H,16,19)(H,17,18);4-7,11,16H,8H2,1-3H3,(H,15,19)(H,17,18);1-4,8,12H,5H2,(H,13,14);;;/t2*11-;8-;;;/m000.../s1. The summed E-state index contributed by atoms with van der Waals surface area (Å²) in [5.41, 5.74) is 0.612. The van der Waals surface area contributed by atoms with Crippen LogP contribution in [0.3, 0.4) is 0 Å². The molecule has 30 heteroatoms. The number of amides is 2. The number of aromatic hydroxyl groups is 1. The van der Waals surface area contributed by atoms with Crippen molar-refractivity contribution in [1.29, 1.82) is 0 Å². The molecule has 22 nitrogen and oxygen atoms in total. The lowest BCUT2D eigenvalue weighted by molar-refractivity contribution is -0.140. The summed E-state index contributed by atoms with van der Waals surface area (Å²) in [7, 11) is -5.67. The topological polar surface area (TPSA) is 342 Å². The molecule has 3 aromatic rings. The molecule has 0 aliphatic heterocycles. The molecule has 3 atom stereocenters. The number of aliphatic carboxylic acids is 3. The summed E-state index contributed by atoms with van der Waals surface area (Å²) < 4.78 is 103. The van der Waals surface area contributed by atoms with E-state index in [0.29, 0.717) is 11.1 Å². The van der Waals surface area contributed by atoms with Crippen molar-refractivity contribution in [3.63, 3.8) is 0 Å². The first-order valence-electron chi connectivity index (χ1n) is 17.9. The van der Waals surface area contributed by atoms with Gasteiger partial charge in [-0.25, -0.2) is 24.0 Å². The number of carboxylic acids is 3. The number of carbonyl (C=O) groups is 5. The van der Waals surface area contributed by atoms with Crippen molar-refractivity contribution < 1.29 is 106 Å². The normalized spacial score (nSPS) is 11.6. The molecule has 376 valence electrons. The first kappa shape index (κ1) is 64.9. The number of halogens is 5. The summed E-state index contributed by atoms with van der Waals surface area (Å²) in [6, 6.07) is 14.7. The first-order valence-corrected chi connectivity index (χ1v) is 20.9. The Morgan fingerprint density at radius 3 is 1.03 bits per heavy atom. The highest BCUT2D eigenvalue weighted by Gasteiger charge is 2.25. The van der Waals surface area contributed by atoms with Crippen LogP contribution in [0.25, 0.3) is 0 Å². The Hall–Kier alpha value is -6.43. The van der Waals surface area contributed by atoms with Gasteiger partial charge in [-0.15, -0.1) is 0 Å². The van der Waals surface area contributed by atoms with Gasteiger partial charge in [0.25, 0.3) is 0 Å². The summed E-state index contributed by atoms with van der Waals surface area (Å²) >= 11 is 3.76. The molecular weight excluding hydrogens is 998 g/mol. The molecule has 2 amide bonds. The van der Waals surface area contributed by atoms with E-state index in [1.807, 2.05) is 0 Å². The summed E-state index contributed by atoms with van der Waals surface area (Å²) in [5, 5.41) is 40.7. The number of rotatable bonds is 14. The van der Waals surface area contributed by atoms with Crippen molar-refractivity contribution in [2.24, 2.45) is 0 Å². The highest BCUT2D eigenvalue weighted by atomic mass is 35.5. The minimum absolute atomic E-state index is 0.0192. The third kappa shape index (κ3) is 38.5. The van der Waals surface area contributed by atoms with Crippen molar-refractivity contribution in [2.45, 2.75) is 90.1 Å². The van der Waals surface area contributed by atoms with Gasteiger partial charge in [-0.3, -0.25) is 14.7 Å². The number of ether oxygens (including phenoxy) is 2. The highest BCUT2D eigenvalue weighted by molar-refractivity contribution is 7.81. The predicted octanol–water partition coefficient (Wildman–Crippen LogP) is 4.90. The molecule has 3 rings (SSSR count). The van der Waals surface area contributed by atoms with Crippen LogP contribution in [-0.4, -0.2) is 105 Å². The fraction of sp³-hybridized carbons (Fsp3) is 0.378. The summed E-state index contributed by atoms with van der Waals surface area (Å²) in [4.78, 5) is 65.3. The van der Waals surface area contributed by atoms with E-state index in [1.165, 1.54) is 48.5 Å². The van der Waals surface area contributed by atoms with Gasteiger partial charge in [-0.1, -0.05) is 44.2 Å². The zero-order chi connectivity index (χ0) is 52.6. The fourth-order valence-electron chi connectivity index (χ4n) is 4.17. The molecule has 7 N–H and O–H groups in total. The number of benzene rings is 3. The maximum atomic E-state index is 11.9. The Balaban J connectivity index is -0.000000830. The zero-order valence-electron chi connectivity index (χ0n) is 35.8. The smallest absolute Gasteiger partial charge is 0.476 e. The summed E-state index contributed by atoms with van der Waals surface area (Å²) in [6.45, 7) is 10.1. The van der Waals surface area contributed by atoms with Gasteiger partial charge >= 0.3 is 63.8 Å². The van der Waals surface area contributed by atoms with Crippen LogP contribution < -0.4 is 25.4 Å². The molecule has 3 aromatic carbocycles. The molecule has 0 aliphatic rings. The lowest BCUT2D eigenvalue weighted by atomic mass is 10.1. The Morgan fingerprint density at radius 1 is 0.582 bits per heavy atom. The third-order valence-corrected chi connectivity index (χ3v) is 6.95. The van der Waals surface area contributed by atoms with Crippen molar-refractivity contribution in [2.75, 3.05) is 0 Å². The second-order valence-electron chi connectivity index (χ2n) is 14.3.